The minimum absolute atomic E-state index is 0.00717. The van der Waals surface area contributed by atoms with Crippen LogP contribution in [0, 0.1) is 0 Å². The summed E-state index contributed by atoms with van der Waals surface area (Å²) in [5.74, 6) is -1.58. The van der Waals surface area contributed by atoms with Crippen molar-refractivity contribution in [1.82, 2.24) is 5.32 Å². The average molecular weight is 273 g/mol. The number of esters is 1. The van der Waals surface area contributed by atoms with Crippen LogP contribution in [-0.4, -0.2) is 36.5 Å². The molecule has 0 aromatic rings. The van der Waals surface area contributed by atoms with Crippen molar-refractivity contribution in [2.24, 2.45) is 11.5 Å². The molecule has 0 saturated carbocycles. The fourth-order valence-electron chi connectivity index (χ4n) is 1.26. The third-order valence-electron chi connectivity index (χ3n) is 2.44. The first-order valence-electron chi connectivity index (χ1n) is 6.39. The summed E-state index contributed by atoms with van der Waals surface area (Å²) in [6.45, 7) is 3.76. The highest BCUT2D eigenvalue weighted by molar-refractivity contribution is 5.87. The maximum absolute atomic E-state index is 11.8. The molecule has 0 saturated heterocycles. The number of hydrogen-bond donors (Lipinski definition) is 3. The number of carbonyl (C=O) groups excluding carboxylic acids is 3. The van der Waals surface area contributed by atoms with Crippen molar-refractivity contribution >= 4 is 17.8 Å². The Hall–Kier alpha value is -1.63. The van der Waals surface area contributed by atoms with Crippen LogP contribution in [-0.2, 0) is 19.1 Å². The molecule has 0 aliphatic rings. The average Bonchev–Trinajstić information content (AvgIpc) is 2.33. The SMILES string of the molecule is CCCCOC(=O)C(CCC(N)=O)NC(=O)C(C)N. The molecule has 0 aromatic carbocycles. The van der Waals surface area contributed by atoms with Crippen LogP contribution in [0.15, 0.2) is 0 Å². The lowest BCUT2D eigenvalue weighted by molar-refractivity contribution is -0.148. The van der Waals surface area contributed by atoms with E-state index in [1.807, 2.05) is 6.92 Å². The molecule has 0 aromatic heterocycles. The molecule has 2 amide bonds. The van der Waals surface area contributed by atoms with Gasteiger partial charge in [-0.05, 0) is 19.8 Å². The number of ether oxygens (including phenoxy) is 1. The third kappa shape index (κ3) is 8.15. The molecule has 0 heterocycles. The number of nitrogens with one attached hydrogen (secondary N) is 1. The molecule has 110 valence electrons. The van der Waals surface area contributed by atoms with E-state index in [1.54, 1.807) is 0 Å². The van der Waals surface area contributed by atoms with Gasteiger partial charge in [0.1, 0.15) is 6.04 Å². The summed E-state index contributed by atoms with van der Waals surface area (Å²) in [5, 5.41) is 2.45. The minimum Gasteiger partial charge on any atom is -0.464 e. The minimum atomic E-state index is -0.886. The van der Waals surface area contributed by atoms with E-state index in [9.17, 15) is 14.4 Å². The van der Waals surface area contributed by atoms with Gasteiger partial charge in [0, 0.05) is 6.42 Å². The van der Waals surface area contributed by atoms with E-state index in [4.69, 9.17) is 16.2 Å². The number of carbonyl (C=O) groups is 3. The first-order chi connectivity index (χ1) is 8.88. The van der Waals surface area contributed by atoms with E-state index in [0.717, 1.165) is 12.8 Å². The molecule has 2 atom stereocenters. The highest BCUT2D eigenvalue weighted by atomic mass is 16.5. The van der Waals surface area contributed by atoms with Gasteiger partial charge in [0.05, 0.1) is 12.6 Å². The van der Waals surface area contributed by atoms with Crippen LogP contribution in [0.1, 0.15) is 39.5 Å². The van der Waals surface area contributed by atoms with Gasteiger partial charge < -0.3 is 21.5 Å². The number of primary amides is 1. The van der Waals surface area contributed by atoms with Gasteiger partial charge in [0.2, 0.25) is 11.8 Å². The first kappa shape index (κ1) is 17.4. The van der Waals surface area contributed by atoms with Crippen LogP contribution in [0.3, 0.4) is 0 Å². The topological polar surface area (TPSA) is 125 Å². The van der Waals surface area contributed by atoms with Crippen LogP contribution in [0.5, 0.6) is 0 Å². The zero-order valence-corrected chi connectivity index (χ0v) is 11.5. The van der Waals surface area contributed by atoms with E-state index in [1.165, 1.54) is 6.92 Å². The fraction of sp³-hybridized carbons (Fsp3) is 0.750. The van der Waals surface area contributed by atoms with Crippen molar-refractivity contribution in [3.63, 3.8) is 0 Å². The zero-order valence-electron chi connectivity index (χ0n) is 11.5. The van der Waals surface area contributed by atoms with Gasteiger partial charge in [-0.3, -0.25) is 9.59 Å². The highest BCUT2D eigenvalue weighted by Crippen LogP contribution is 2.02. The molecular weight excluding hydrogens is 250 g/mol. The molecule has 7 nitrogen and oxygen atoms in total. The molecule has 0 bridgehead atoms. The van der Waals surface area contributed by atoms with E-state index in [0.29, 0.717) is 0 Å². The molecule has 0 fully saturated rings. The Kier molecular flexibility index (Phi) is 8.52. The predicted octanol–water partition coefficient (Wildman–Crippen LogP) is -0.573. The molecule has 0 aliphatic heterocycles. The second-order valence-corrected chi connectivity index (χ2v) is 4.38. The predicted molar refractivity (Wildman–Crippen MR) is 69.9 cm³/mol. The number of hydrogen-bond acceptors (Lipinski definition) is 5. The molecule has 0 aliphatic carbocycles. The Balaban J connectivity index is 4.42. The smallest absolute Gasteiger partial charge is 0.328 e. The van der Waals surface area contributed by atoms with Gasteiger partial charge in [-0.1, -0.05) is 13.3 Å². The summed E-state index contributed by atoms with van der Waals surface area (Å²) >= 11 is 0. The standard InChI is InChI=1S/C12H23N3O4/c1-3-4-7-19-12(18)9(5-6-10(14)16)15-11(17)8(2)13/h8-9H,3-7,13H2,1-2H3,(H2,14,16)(H,15,17). The van der Waals surface area contributed by atoms with Gasteiger partial charge in [-0.25, -0.2) is 4.79 Å². The number of nitrogens with two attached hydrogens (primary N) is 2. The van der Waals surface area contributed by atoms with Crippen LogP contribution in [0.4, 0.5) is 0 Å². The lowest BCUT2D eigenvalue weighted by atomic mass is 10.1. The molecule has 0 rings (SSSR count). The zero-order chi connectivity index (χ0) is 14.8. The summed E-state index contributed by atoms with van der Waals surface area (Å²) in [6, 6.07) is -1.62. The summed E-state index contributed by atoms with van der Waals surface area (Å²) in [5.41, 5.74) is 10.4. The van der Waals surface area contributed by atoms with Crippen molar-refractivity contribution in [3.05, 3.63) is 0 Å². The Morgan fingerprint density at radius 3 is 2.42 bits per heavy atom. The van der Waals surface area contributed by atoms with Crippen molar-refractivity contribution in [1.29, 1.82) is 0 Å². The van der Waals surface area contributed by atoms with Crippen molar-refractivity contribution in [2.75, 3.05) is 6.61 Å². The van der Waals surface area contributed by atoms with Gasteiger partial charge >= 0.3 is 5.97 Å². The Morgan fingerprint density at radius 1 is 1.32 bits per heavy atom. The summed E-state index contributed by atoms with van der Waals surface area (Å²) in [7, 11) is 0. The molecule has 2 unspecified atom stereocenters. The Bertz CT molecular complexity index is 318. The number of unbranched alkanes of at least 4 members (excludes halogenated alkanes) is 1. The third-order valence-corrected chi connectivity index (χ3v) is 2.44. The Labute approximate surface area is 113 Å². The van der Waals surface area contributed by atoms with Gasteiger partial charge in [-0.2, -0.15) is 0 Å². The van der Waals surface area contributed by atoms with E-state index >= 15 is 0 Å². The number of rotatable bonds is 9. The van der Waals surface area contributed by atoms with Crippen LogP contribution >= 0.6 is 0 Å². The summed E-state index contributed by atoms with van der Waals surface area (Å²) < 4.78 is 5.01. The van der Waals surface area contributed by atoms with E-state index in [2.05, 4.69) is 5.32 Å². The molecule has 19 heavy (non-hydrogen) atoms. The summed E-state index contributed by atoms with van der Waals surface area (Å²) in [4.78, 5) is 34.0. The monoisotopic (exact) mass is 273 g/mol. The molecule has 0 radical (unpaired) electrons. The van der Waals surface area contributed by atoms with Gasteiger partial charge in [0.25, 0.3) is 0 Å². The highest BCUT2D eigenvalue weighted by Gasteiger charge is 2.23. The first-order valence-corrected chi connectivity index (χ1v) is 6.39. The Morgan fingerprint density at radius 2 is 1.95 bits per heavy atom. The van der Waals surface area contributed by atoms with Gasteiger partial charge in [0.15, 0.2) is 0 Å². The molecule has 7 heteroatoms. The van der Waals surface area contributed by atoms with Crippen molar-refractivity contribution < 1.29 is 19.1 Å². The van der Waals surface area contributed by atoms with E-state index < -0.39 is 29.9 Å². The maximum Gasteiger partial charge on any atom is 0.328 e. The quantitative estimate of drug-likeness (QED) is 0.383. The maximum atomic E-state index is 11.8. The van der Waals surface area contributed by atoms with E-state index in [-0.39, 0.29) is 19.4 Å². The molecule has 5 N–H and O–H groups in total. The van der Waals surface area contributed by atoms with Crippen LogP contribution in [0.25, 0.3) is 0 Å². The molecular formula is C12H23N3O4. The van der Waals surface area contributed by atoms with Gasteiger partial charge in [-0.15, -0.1) is 0 Å². The van der Waals surface area contributed by atoms with Crippen LogP contribution in [0.2, 0.25) is 0 Å². The van der Waals surface area contributed by atoms with Crippen molar-refractivity contribution in [3.8, 4) is 0 Å². The number of amides is 2. The lowest BCUT2D eigenvalue weighted by Crippen LogP contribution is -2.48. The molecule has 0 spiro atoms. The second kappa shape index (κ2) is 9.32. The largest absolute Gasteiger partial charge is 0.464 e. The second-order valence-electron chi connectivity index (χ2n) is 4.38. The van der Waals surface area contributed by atoms with Crippen LogP contribution < -0.4 is 16.8 Å². The normalized spacial score (nSPS) is 13.4. The summed E-state index contributed by atoms with van der Waals surface area (Å²) in [6.07, 6.45) is 1.74. The van der Waals surface area contributed by atoms with Crippen molar-refractivity contribution in [2.45, 2.75) is 51.6 Å². The lowest BCUT2D eigenvalue weighted by Gasteiger charge is -2.18. The fourth-order valence-corrected chi connectivity index (χ4v) is 1.26.